The molecule has 2 aromatic heterocycles. The minimum absolute atomic E-state index is 0.0422. The van der Waals surface area contributed by atoms with Gasteiger partial charge in [-0.25, -0.2) is 21.8 Å². The van der Waals surface area contributed by atoms with Gasteiger partial charge in [0, 0.05) is 18.9 Å². The molecule has 0 unspecified atom stereocenters. The van der Waals surface area contributed by atoms with Gasteiger partial charge in [-0.15, -0.1) is 0 Å². The normalized spacial score (nSPS) is 11.2. The summed E-state index contributed by atoms with van der Waals surface area (Å²) in [7, 11) is -6.32. The van der Waals surface area contributed by atoms with E-state index in [9.17, 15) is 16.8 Å². The molecule has 8 nitrogen and oxygen atoms in total. The number of nitrogens with zero attached hydrogens (tertiary/aromatic N) is 3. The lowest BCUT2D eigenvalue weighted by molar-refractivity contribution is 0.595. The van der Waals surface area contributed by atoms with Crippen LogP contribution < -0.4 is 5.73 Å². The fourth-order valence-corrected chi connectivity index (χ4v) is 3.32. The molecule has 0 aliphatic heterocycles. The van der Waals surface area contributed by atoms with Gasteiger partial charge in [0.05, 0.1) is 27.0 Å². The van der Waals surface area contributed by atoms with E-state index in [4.69, 9.17) is 11.0 Å². The Labute approximate surface area is 153 Å². The fourth-order valence-electron chi connectivity index (χ4n) is 1.68. The van der Waals surface area contributed by atoms with Crippen molar-refractivity contribution in [1.82, 2.24) is 9.97 Å². The van der Waals surface area contributed by atoms with Crippen molar-refractivity contribution < 1.29 is 16.8 Å². The SMILES string of the molecule is CCS(=O)(=O)c1ccc(C#N)nc1.CCS(=O)(=O)c1ccc(CN)nc1. The van der Waals surface area contributed by atoms with E-state index in [1.54, 1.807) is 19.9 Å². The standard InChI is InChI=1S/C8H12N2O2S.C8H8N2O2S/c2*1-2-13(11,12)8-4-3-7(5-9)10-6-8/h3-4,6H,2,5,9H2,1H3;3-4,6H,2H2,1H3. The molecule has 0 saturated heterocycles. The first-order valence-electron chi connectivity index (χ1n) is 7.66. The number of sulfone groups is 2. The Hall–Kier alpha value is -2.35. The van der Waals surface area contributed by atoms with Crippen molar-refractivity contribution in [2.24, 2.45) is 5.73 Å². The Morgan fingerprint density at radius 3 is 1.73 bits per heavy atom. The van der Waals surface area contributed by atoms with Crippen LogP contribution in [0.5, 0.6) is 0 Å². The zero-order chi connectivity index (χ0) is 19.8. The molecule has 0 atom stereocenters. The molecule has 2 heterocycles. The molecule has 0 spiro atoms. The Bertz CT molecular complexity index is 962. The summed E-state index contributed by atoms with van der Waals surface area (Å²) in [5.74, 6) is 0.136. The monoisotopic (exact) mass is 396 g/mol. The van der Waals surface area contributed by atoms with Gasteiger partial charge in [0.2, 0.25) is 0 Å². The maximum atomic E-state index is 11.3. The summed E-state index contributed by atoms with van der Waals surface area (Å²) in [5, 5.41) is 8.43. The summed E-state index contributed by atoms with van der Waals surface area (Å²) in [6, 6.07) is 7.77. The van der Waals surface area contributed by atoms with E-state index in [0.29, 0.717) is 12.2 Å². The highest BCUT2D eigenvalue weighted by atomic mass is 32.2. The van der Waals surface area contributed by atoms with Crippen molar-refractivity contribution in [3.05, 3.63) is 48.0 Å². The third kappa shape index (κ3) is 5.87. The van der Waals surface area contributed by atoms with Gasteiger partial charge in [-0.3, -0.25) is 4.98 Å². The molecular weight excluding hydrogens is 376 g/mol. The predicted molar refractivity (Wildman–Crippen MR) is 96.5 cm³/mol. The molecule has 0 saturated carbocycles. The fraction of sp³-hybridized carbons (Fsp3) is 0.312. The summed E-state index contributed by atoms with van der Waals surface area (Å²) in [6.45, 7) is 3.49. The smallest absolute Gasteiger partial charge is 0.179 e. The minimum atomic E-state index is -3.20. The van der Waals surface area contributed by atoms with E-state index in [0.717, 1.165) is 0 Å². The van der Waals surface area contributed by atoms with Gasteiger partial charge in [-0.2, -0.15) is 5.26 Å². The van der Waals surface area contributed by atoms with Crippen LogP contribution >= 0.6 is 0 Å². The molecule has 2 rings (SSSR count). The topological polar surface area (TPSA) is 144 Å². The maximum absolute atomic E-state index is 11.3. The van der Waals surface area contributed by atoms with Crippen LogP contribution in [0.25, 0.3) is 0 Å². The van der Waals surface area contributed by atoms with Crippen LogP contribution in [0.2, 0.25) is 0 Å². The lowest BCUT2D eigenvalue weighted by Gasteiger charge is -2.00. The van der Waals surface area contributed by atoms with Crippen molar-refractivity contribution in [3.63, 3.8) is 0 Å². The Morgan fingerprint density at radius 1 is 0.923 bits per heavy atom. The van der Waals surface area contributed by atoms with Gasteiger partial charge < -0.3 is 5.73 Å². The number of rotatable bonds is 5. The lowest BCUT2D eigenvalue weighted by Crippen LogP contribution is -2.06. The molecule has 0 aromatic carbocycles. The summed E-state index contributed by atoms with van der Waals surface area (Å²) in [6.07, 6.45) is 2.55. The zero-order valence-electron chi connectivity index (χ0n) is 14.5. The van der Waals surface area contributed by atoms with Gasteiger partial charge in [-0.05, 0) is 24.3 Å². The Balaban J connectivity index is 0.000000260. The molecule has 26 heavy (non-hydrogen) atoms. The molecule has 0 radical (unpaired) electrons. The third-order valence-corrected chi connectivity index (χ3v) is 6.78. The lowest BCUT2D eigenvalue weighted by atomic mass is 10.4. The van der Waals surface area contributed by atoms with Crippen LogP contribution in [0.15, 0.2) is 46.5 Å². The van der Waals surface area contributed by atoms with Crippen molar-refractivity contribution in [3.8, 4) is 6.07 Å². The number of nitriles is 1. The van der Waals surface area contributed by atoms with E-state index in [2.05, 4.69) is 9.97 Å². The van der Waals surface area contributed by atoms with Crippen LogP contribution in [0, 0.1) is 11.3 Å². The predicted octanol–water partition coefficient (Wildman–Crippen LogP) is 1.08. The largest absolute Gasteiger partial charge is 0.325 e. The third-order valence-electron chi connectivity index (χ3n) is 3.34. The van der Waals surface area contributed by atoms with Crippen LogP contribution in [0.3, 0.4) is 0 Å². The van der Waals surface area contributed by atoms with E-state index >= 15 is 0 Å². The number of pyridine rings is 2. The molecule has 2 N–H and O–H groups in total. The Morgan fingerprint density at radius 2 is 1.42 bits per heavy atom. The molecular formula is C16H20N4O4S2. The first kappa shape index (κ1) is 21.7. The highest BCUT2D eigenvalue weighted by molar-refractivity contribution is 7.91. The number of aromatic nitrogens is 2. The Kier molecular flexibility index (Phi) is 7.82. The van der Waals surface area contributed by atoms with Gasteiger partial charge >= 0.3 is 0 Å². The van der Waals surface area contributed by atoms with Crippen LogP contribution in [-0.2, 0) is 26.2 Å². The van der Waals surface area contributed by atoms with E-state index in [-0.39, 0.29) is 27.0 Å². The van der Waals surface area contributed by atoms with Crippen LogP contribution in [0.1, 0.15) is 25.2 Å². The molecule has 10 heteroatoms. The quantitative estimate of drug-likeness (QED) is 0.790. The van der Waals surface area contributed by atoms with Crippen molar-refractivity contribution in [2.45, 2.75) is 30.2 Å². The first-order valence-corrected chi connectivity index (χ1v) is 11.0. The summed E-state index contributed by atoms with van der Waals surface area (Å²) >= 11 is 0. The molecule has 0 fully saturated rings. The zero-order valence-corrected chi connectivity index (χ0v) is 16.1. The molecule has 2 aromatic rings. The van der Waals surface area contributed by atoms with Gasteiger partial charge in [-0.1, -0.05) is 13.8 Å². The van der Waals surface area contributed by atoms with E-state index in [1.165, 1.54) is 30.6 Å². The molecule has 0 aliphatic carbocycles. The average molecular weight is 396 g/mol. The molecule has 0 bridgehead atoms. The second-order valence-corrected chi connectivity index (χ2v) is 9.54. The minimum Gasteiger partial charge on any atom is -0.325 e. The molecule has 0 aliphatic rings. The van der Waals surface area contributed by atoms with Gasteiger partial charge in [0.15, 0.2) is 19.7 Å². The van der Waals surface area contributed by atoms with Crippen LogP contribution in [-0.4, -0.2) is 38.3 Å². The molecule has 0 amide bonds. The average Bonchev–Trinajstić information content (AvgIpc) is 2.68. The second kappa shape index (κ2) is 9.38. The van der Waals surface area contributed by atoms with Gasteiger partial charge in [0.1, 0.15) is 11.8 Å². The maximum Gasteiger partial charge on any atom is 0.179 e. The number of hydrogen-bond donors (Lipinski definition) is 1. The number of nitrogens with two attached hydrogens (primary N) is 1. The second-order valence-electron chi connectivity index (χ2n) is 4.99. The molecule has 140 valence electrons. The van der Waals surface area contributed by atoms with Crippen LogP contribution in [0.4, 0.5) is 0 Å². The van der Waals surface area contributed by atoms with E-state index < -0.39 is 19.7 Å². The van der Waals surface area contributed by atoms with Crippen molar-refractivity contribution in [2.75, 3.05) is 11.5 Å². The highest BCUT2D eigenvalue weighted by Gasteiger charge is 2.11. The van der Waals surface area contributed by atoms with Gasteiger partial charge in [0.25, 0.3) is 0 Å². The number of hydrogen-bond acceptors (Lipinski definition) is 8. The van der Waals surface area contributed by atoms with Crippen molar-refractivity contribution in [1.29, 1.82) is 5.26 Å². The first-order chi connectivity index (χ1) is 12.2. The summed E-state index contributed by atoms with van der Waals surface area (Å²) in [5.41, 5.74) is 6.24. The summed E-state index contributed by atoms with van der Waals surface area (Å²) < 4.78 is 45.2. The highest BCUT2D eigenvalue weighted by Crippen LogP contribution is 2.10. The van der Waals surface area contributed by atoms with E-state index in [1.807, 2.05) is 6.07 Å². The summed E-state index contributed by atoms with van der Waals surface area (Å²) in [4.78, 5) is 8.00. The van der Waals surface area contributed by atoms with Crippen molar-refractivity contribution >= 4 is 19.7 Å².